The van der Waals surface area contributed by atoms with Gasteiger partial charge in [0.25, 0.3) is 5.69 Å². The minimum Gasteiger partial charge on any atom is -0.317 e. The maximum Gasteiger partial charge on any atom is 0.293 e. The van der Waals surface area contributed by atoms with Gasteiger partial charge in [0.15, 0.2) is 0 Å². The van der Waals surface area contributed by atoms with E-state index < -0.39 is 4.92 Å². The smallest absolute Gasteiger partial charge is 0.293 e. The molecule has 0 heterocycles. The van der Waals surface area contributed by atoms with Gasteiger partial charge in [0.1, 0.15) is 5.69 Å². The SMILES string of the molecule is CC=CC(=O)Nc1cc(C)c(C)cc1[N+](=O)[O-]. The lowest BCUT2D eigenvalue weighted by Gasteiger charge is -2.07. The highest BCUT2D eigenvalue weighted by atomic mass is 16.6. The van der Waals surface area contributed by atoms with Crippen molar-refractivity contribution in [1.82, 2.24) is 0 Å². The Morgan fingerprint density at radius 1 is 1.35 bits per heavy atom. The number of allylic oxidation sites excluding steroid dienone is 1. The third kappa shape index (κ3) is 3.14. The number of nitro benzene ring substituents is 1. The molecule has 0 saturated carbocycles. The number of hydrogen-bond donors (Lipinski definition) is 1. The average Bonchev–Trinajstić information content (AvgIpc) is 2.23. The van der Waals surface area contributed by atoms with Gasteiger partial charge >= 0.3 is 0 Å². The number of amides is 1. The van der Waals surface area contributed by atoms with Crippen molar-refractivity contribution in [1.29, 1.82) is 0 Å². The number of aryl methyl sites for hydroxylation is 2. The van der Waals surface area contributed by atoms with E-state index in [1.54, 1.807) is 26.0 Å². The topological polar surface area (TPSA) is 72.2 Å². The van der Waals surface area contributed by atoms with Crippen LogP contribution in [0.1, 0.15) is 18.1 Å². The van der Waals surface area contributed by atoms with Crippen LogP contribution in [0.15, 0.2) is 24.3 Å². The second kappa shape index (κ2) is 5.25. The fourth-order valence-corrected chi connectivity index (χ4v) is 1.38. The second-order valence-electron chi connectivity index (χ2n) is 3.70. The summed E-state index contributed by atoms with van der Waals surface area (Å²) in [7, 11) is 0. The minimum atomic E-state index is -0.502. The normalized spacial score (nSPS) is 10.5. The van der Waals surface area contributed by atoms with Crippen molar-refractivity contribution in [3.05, 3.63) is 45.5 Å². The summed E-state index contributed by atoms with van der Waals surface area (Å²) >= 11 is 0. The van der Waals surface area contributed by atoms with Crippen molar-refractivity contribution in [3.63, 3.8) is 0 Å². The molecule has 0 aliphatic carbocycles. The van der Waals surface area contributed by atoms with Crippen molar-refractivity contribution >= 4 is 17.3 Å². The Kier molecular flexibility index (Phi) is 3.98. The minimum absolute atomic E-state index is 0.0917. The first-order valence-electron chi connectivity index (χ1n) is 5.15. The molecule has 0 aromatic heterocycles. The van der Waals surface area contributed by atoms with E-state index in [2.05, 4.69) is 5.32 Å². The Morgan fingerprint density at radius 3 is 2.47 bits per heavy atom. The van der Waals surface area contributed by atoms with E-state index in [1.165, 1.54) is 12.1 Å². The molecule has 0 saturated heterocycles. The molecule has 1 aromatic rings. The van der Waals surface area contributed by atoms with E-state index in [4.69, 9.17) is 0 Å². The molecule has 5 nitrogen and oxygen atoms in total. The first kappa shape index (κ1) is 12.9. The number of hydrogen-bond acceptors (Lipinski definition) is 3. The van der Waals surface area contributed by atoms with E-state index in [9.17, 15) is 14.9 Å². The highest BCUT2D eigenvalue weighted by molar-refractivity contribution is 6.00. The Balaban J connectivity index is 3.17. The molecule has 0 aliphatic rings. The zero-order valence-electron chi connectivity index (χ0n) is 9.98. The molecule has 0 spiro atoms. The molecule has 0 radical (unpaired) electrons. The van der Waals surface area contributed by atoms with Gasteiger partial charge in [-0.05, 0) is 44.0 Å². The summed E-state index contributed by atoms with van der Waals surface area (Å²) in [6.45, 7) is 5.33. The summed E-state index contributed by atoms with van der Waals surface area (Å²) in [4.78, 5) is 21.7. The third-order valence-electron chi connectivity index (χ3n) is 2.38. The van der Waals surface area contributed by atoms with Gasteiger partial charge in [-0.15, -0.1) is 0 Å². The van der Waals surface area contributed by atoms with Crippen molar-refractivity contribution in [2.75, 3.05) is 5.32 Å². The standard InChI is InChI=1S/C12H14N2O3/c1-4-5-12(15)13-10-6-8(2)9(3)7-11(10)14(16)17/h4-7H,1-3H3,(H,13,15). The Bertz CT molecular complexity index is 493. The van der Waals surface area contributed by atoms with Gasteiger partial charge in [-0.25, -0.2) is 0 Å². The van der Waals surface area contributed by atoms with Gasteiger partial charge in [0.2, 0.25) is 5.91 Å². The first-order chi connectivity index (χ1) is 7.95. The summed E-state index contributed by atoms with van der Waals surface area (Å²) in [6.07, 6.45) is 2.89. The largest absolute Gasteiger partial charge is 0.317 e. The van der Waals surface area contributed by atoms with Crippen molar-refractivity contribution in [3.8, 4) is 0 Å². The molecule has 1 N–H and O–H groups in total. The molecule has 0 aliphatic heterocycles. The monoisotopic (exact) mass is 234 g/mol. The van der Waals surface area contributed by atoms with E-state index in [-0.39, 0.29) is 17.3 Å². The van der Waals surface area contributed by atoms with Crippen LogP contribution in [0.3, 0.4) is 0 Å². The molecule has 90 valence electrons. The summed E-state index contributed by atoms with van der Waals surface area (Å²) in [5.41, 5.74) is 1.85. The van der Waals surface area contributed by atoms with Gasteiger partial charge in [-0.1, -0.05) is 6.08 Å². The second-order valence-corrected chi connectivity index (χ2v) is 3.70. The molecule has 0 unspecified atom stereocenters. The Labute approximate surface area is 99.3 Å². The van der Waals surface area contributed by atoms with Crippen LogP contribution in [0, 0.1) is 24.0 Å². The van der Waals surface area contributed by atoms with E-state index in [1.807, 2.05) is 6.92 Å². The summed E-state index contributed by atoms with van der Waals surface area (Å²) < 4.78 is 0. The lowest BCUT2D eigenvalue weighted by atomic mass is 10.1. The number of nitrogens with zero attached hydrogens (tertiary/aromatic N) is 1. The molecule has 1 amide bonds. The molecule has 5 heteroatoms. The molecule has 1 rings (SSSR count). The van der Waals surface area contributed by atoms with Crippen molar-refractivity contribution in [2.24, 2.45) is 0 Å². The van der Waals surface area contributed by atoms with Crippen LogP contribution in [0.2, 0.25) is 0 Å². The predicted molar refractivity (Wildman–Crippen MR) is 66.0 cm³/mol. The highest BCUT2D eigenvalue weighted by Gasteiger charge is 2.16. The van der Waals surface area contributed by atoms with Gasteiger partial charge in [0, 0.05) is 6.07 Å². The van der Waals surface area contributed by atoms with E-state index in [0.29, 0.717) is 0 Å². The quantitative estimate of drug-likeness (QED) is 0.496. The fraction of sp³-hybridized carbons (Fsp3) is 0.250. The number of anilines is 1. The molecule has 0 bridgehead atoms. The van der Waals surface area contributed by atoms with Gasteiger partial charge in [-0.3, -0.25) is 14.9 Å². The predicted octanol–water partition coefficient (Wildman–Crippen LogP) is 2.73. The fourth-order valence-electron chi connectivity index (χ4n) is 1.38. The number of rotatable bonds is 3. The van der Waals surface area contributed by atoms with Gasteiger partial charge in [0.05, 0.1) is 4.92 Å². The Hall–Kier alpha value is -2.17. The van der Waals surface area contributed by atoms with E-state index >= 15 is 0 Å². The molecule has 0 atom stereocenters. The molecule has 17 heavy (non-hydrogen) atoms. The number of carbonyl (C=O) groups is 1. The van der Waals surface area contributed by atoms with Crippen LogP contribution < -0.4 is 5.32 Å². The van der Waals surface area contributed by atoms with Gasteiger partial charge < -0.3 is 5.32 Å². The lowest BCUT2D eigenvalue weighted by molar-refractivity contribution is -0.384. The third-order valence-corrected chi connectivity index (χ3v) is 2.38. The van der Waals surface area contributed by atoms with Crippen LogP contribution in [-0.4, -0.2) is 10.8 Å². The van der Waals surface area contributed by atoms with Crippen molar-refractivity contribution < 1.29 is 9.72 Å². The Morgan fingerprint density at radius 2 is 1.94 bits per heavy atom. The van der Waals surface area contributed by atoms with Crippen LogP contribution in [-0.2, 0) is 4.79 Å². The zero-order chi connectivity index (χ0) is 13.0. The molecule has 1 aromatic carbocycles. The maximum absolute atomic E-state index is 11.4. The van der Waals surface area contributed by atoms with Crippen molar-refractivity contribution in [2.45, 2.75) is 20.8 Å². The lowest BCUT2D eigenvalue weighted by Crippen LogP contribution is -2.10. The first-order valence-corrected chi connectivity index (χ1v) is 5.15. The number of benzene rings is 1. The summed E-state index contributed by atoms with van der Waals surface area (Å²) in [6, 6.07) is 3.06. The maximum atomic E-state index is 11.4. The summed E-state index contributed by atoms with van der Waals surface area (Å²) in [5, 5.41) is 13.4. The number of nitro groups is 1. The zero-order valence-corrected chi connectivity index (χ0v) is 9.98. The molecular formula is C12H14N2O3. The van der Waals surface area contributed by atoms with Crippen LogP contribution in [0.4, 0.5) is 11.4 Å². The highest BCUT2D eigenvalue weighted by Crippen LogP contribution is 2.27. The number of nitrogens with one attached hydrogen (secondary N) is 1. The van der Waals surface area contributed by atoms with Crippen LogP contribution >= 0.6 is 0 Å². The molecule has 0 fully saturated rings. The molecular weight excluding hydrogens is 220 g/mol. The average molecular weight is 234 g/mol. The van der Waals surface area contributed by atoms with Crippen LogP contribution in [0.5, 0.6) is 0 Å². The number of carbonyl (C=O) groups excluding carboxylic acids is 1. The summed E-state index contributed by atoms with van der Waals surface area (Å²) in [5.74, 6) is -0.376. The van der Waals surface area contributed by atoms with Crippen LogP contribution in [0.25, 0.3) is 0 Å². The van der Waals surface area contributed by atoms with Gasteiger partial charge in [-0.2, -0.15) is 0 Å². The van der Waals surface area contributed by atoms with E-state index in [0.717, 1.165) is 11.1 Å².